The van der Waals surface area contributed by atoms with Gasteiger partial charge in [-0.3, -0.25) is 4.79 Å². The van der Waals surface area contributed by atoms with Crippen LogP contribution in [0.3, 0.4) is 0 Å². The Kier molecular flexibility index (Phi) is 5.43. The van der Waals surface area contributed by atoms with E-state index in [1.165, 1.54) is 6.08 Å². The second-order valence-corrected chi connectivity index (χ2v) is 6.05. The zero-order valence-corrected chi connectivity index (χ0v) is 12.4. The SMILES string of the molecule is C=CC(=O)N(CCC1CCCO1)Cc1cc(Cl)cs1. The molecule has 1 aromatic rings. The Morgan fingerprint density at radius 3 is 3.11 bits per heavy atom. The molecule has 0 spiro atoms. The van der Waals surface area contributed by atoms with Crippen LogP contribution in [0.5, 0.6) is 0 Å². The summed E-state index contributed by atoms with van der Waals surface area (Å²) in [6.07, 6.45) is 4.78. The zero-order valence-electron chi connectivity index (χ0n) is 10.8. The highest BCUT2D eigenvalue weighted by molar-refractivity contribution is 7.10. The molecule has 2 heterocycles. The third-order valence-corrected chi connectivity index (χ3v) is 4.47. The molecule has 1 fully saturated rings. The molecule has 1 amide bonds. The predicted molar refractivity (Wildman–Crippen MR) is 78.5 cm³/mol. The van der Waals surface area contributed by atoms with Crippen molar-refractivity contribution in [2.45, 2.75) is 31.9 Å². The number of halogens is 1. The highest BCUT2D eigenvalue weighted by Gasteiger charge is 2.19. The van der Waals surface area contributed by atoms with E-state index in [0.29, 0.717) is 19.2 Å². The van der Waals surface area contributed by atoms with Crippen molar-refractivity contribution in [2.75, 3.05) is 13.2 Å². The van der Waals surface area contributed by atoms with E-state index in [1.807, 2.05) is 11.4 Å². The molecule has 1 unspecified atom stereocenters. The topological polar surface area (TPSA) is 29.5 Å². The normalized spacial score (nSPS) is 18.5. The van der Waals surface area contributed by atoms with Gasteiger partial charge in [0.1, 0.15) is 0 Å². The van der Waals surface area contributed by atoms with Crippen LogP contribution in [0.2, 0.25) is 5.02 Å². The second-order valence-electron chi connectivity index (χ2n) is 4.62. The first-order chi connectivity index (χ1) is 9.19. The number of hydrogen-bond donors (Lipinski definition) is 0. The van der Waals surface area contributed by atoms with E-state index in [1.54, 1.807) is 16.2 Å². The molecule has 1 saturated heterocycles. The summed E-state index contributed by atoms with van der Waals surface area (Å²) in [4.78, 5) is 14.8. The molecular weight excluding hydrogens is 282 g/mol. The number of nitrogens with zero attached hydrogens (tertiary/aromatic N) is 1. The van der Waals surface area contributed by atoms with Crippen LogP contribution in [0.15, 0.2) is 24.1 Å². The lowest BCUT2D eigenvalue weighted by atomic mass is 10.2. The first-order valence-electron chi connectivity index (χ1n) is 6.45. The van der Waals surface area contributed by atoms with Gasteiger partial charge in [0.25, 0.3) is 0 Å². The summed E-state index contributed by atoms with van der Waals surface area (Å²) in [7, 11) is 0. The molecule has 0 radical (unpaired) electrons. The maximum Gasteiger partial charge on any atom is 0.246 e. The Bertz CT molecular complexity index is 440. The second kappa shape index (κ2) is 7.08. The fraction of sp³-hybridized carbons (Fsp3) is 0.500. The van der Waals surface area contributed by atoms with Gasteiger partial charge in [-0.15, -0.1) is 11.3 Å². The highest BCUT2D eigenvalue weighted by atomic mass is 35.5. The quantitative estimate of drug-likeness (QED) is 0.753. The number of amides is 1. The van der Waals surface area contributed by atoms with Crippen molar-refractivity contribution < 1.29 is 9.53 Å². The maximum atomic E-state index is 11.9. The molecule has 1 atom stereocenters. The molecule has 19 heavy (non-hydrogen) atoms. The Labute approximate surface area is 122 Å². The van der Waals surface area contributed by atoms with Crippen molar-refractivity contribution in [1.82, 2.24) is 4.90 Å². The monoisotopic (exact) mass is 299 g/mol. The number of hydrogen-bond acceptors (Lipinski definition) is 3. The molecule has 1 aromatic heterocycles. The highest BCUT2D eigenvalue weighted by Crippen LogP contribution is 2.22. The van der Waals surface area contributed by atoms with E-state index >= 15 is 0 Å². The average molecular weight is 300 g/mol. The van der Waals surface area contributed by atoms with Crippen LogP contribution >= 0.6 is 22.9 Å². The van der Waals surface area contributed by atoms with Gasteiger partial charge >= 0.3 is 0 Å². The zero-order chi connectivity index (χ0) is 13.7. The van der Waals surface area contributed by atoms with E-state index in [9.17, 15) is 4.79 Å². The largest absolute Gasteiger partial charge is 0.378 e. The summed E-state index contributed by atoms with van der Waals surface area (Å²) < 4.78 is 5.59. The molecule has 1 aliphatic rings. The molecule has 2 rings (SSSR count). The fourth-order valence-corrected chi connectivity index (χ4v) is 3.28. The van der Waals surface area contributed by atoms with Crippen molar-refractivity contribution in [3.8, 4) is 0 Å². The van der Waals surface area contributed by atoms with Crippen LogP contribution in [0, 0.1) is 0 Å². The van der Waals surface area contributed by atoms with E-state index in [-0.39, 0.29) is 5.91 Å². The van der Waals surface area contributed by atoms with Gasteiger partial charge in [-0.25, -0.2) is 0 Å². The first-order valence-corrected chi connectivity index (χ1v) is 7.70. The lowest BCUT2D eigenvalue weighted by Crippen LogP contribution is -2.31. The molecule has 0 saturated carbocycles. The van der Waals surface area contributed by atoms with Gasteiger partial charge in [0.15, 0.2) is 0 Å². The molecule has 5 heteroatoms. The molecule has 1 aliphatic heterocycles. The van der Waals surface area contributed by atoms with Crippen LogP contribution in [0.1, 0.15) is 24.1 Å². The Hall–Kier alpha value is -0.840. The number of thiophene rings is 1. The Morgan fingerprint density at radius 2 is 2.53 bits per heavy atom. The average Bonchev–Trinajstić information content (AvgIpc) is 3.05. The van der Waals surface area contributed by atoms with E-state index in [2.05, 4.69) is 6.58 Å². The van der Waals surface area contributed by atoms with Gasteiger partial charge in [0, 0.05) is 23.4 Å². The molecule has 104 valence electrons. The fourth-order valence-electron chi connectivity index (χ4n) is 2.19. The van der Waals surface area contributed by atoms with Crippen molar-refractivity contribution in [3.05, 3.63) is 34.0 Å². The Balaban J connectivity index is 1.91. The number of carbonyl (C=O) groups excluding carboxylic acids is 1. The molecule has 0 aliphatic carbocycles. The predicted octanol–water partition coefficient (Wildman–Crippen LogP) is 3.49. The Morgan fingerprint density at radius 1 is 1.68 bits per heavy atom. The van der Waals surface area contributed by atoms with E-state index in [0.717, 1.165) is 35.8 Å². The minimum atomic E-state index is -0.0393. The molecule has 3 nitrogen and oxygen atoms in total. The first kappa shape index (κ1) is 14.6. The summed E-state index contributed by atoms with van der Waals surface area (Å²) in [6, 6.07) is 1.90. The van der Waals surface area contributed by atoms with Gasteiger partial charge < -0.3 is 9.64 Å². The summed E-state index contributed by atoms with van der Waals surface area (Å²) >= 11 is 7.48. The summed E-state index contributed by atoms with van der Waals surface area (Å²) in [5.41, 5.74) is 0. The van der Waals surface area contributed by atoms with E-state index in [4.69, 9.17) is 16.3 Å². The standard InChI is InChI=1S/C14H18ClNO2S/c1-2-14(17)16(6-5-12-4-3-7-18-12)9-13-8-11(15)10-19-13/h2,8,10,12H,1,3-7,9H2. The van der Waals surface area contributed by atoms with Crippen molar-refractivity contribution in [2.24, 2.45) is 0 Å². The van der Waals surface area contributed by atoms with Gasteiger partial charge in [-0.2, -0.15) is 0 Å². The van der Waals surface area contributed by atoms with Gasteiger partial charge in [0.05, 0.1) is 17.7 Å². The number of ether oxygens (including phenoxy) is 1. The minimum absolute atomic E-state index is 0.0393. The van der Waals surface area contributed by atoms with E-state index < -0.39 is 0 Å². The number of carbonyl (C=O) groups is 1. The maximum absolute atomic E-state index is 11.9. The lowest BCUT2D eigenvalue weighted by molar-refractivity contribution is -0.126. The van der Waals surface area contributed by atoms with Crippen LogP contribution in [-0.2, 0) is 16.1 Å². The van der Waals surface area contributed by atoms with Crippen LogP contribution in [0.25, 0.3) is 0 Å². The molecule has 0 aromatic carbocycles. The summed E-state index contributed by atoms with van der Waals surface area (Å²) in [5.74, 6) is -0.0393. The molecular formula is C14H18ClNO2S. The lowest BCUT2D eigenvalue weighted by Gasteiger charge is -2.22. The van der Waals surface area contributed by atoms with Crippen molar-refractivity contribution in [1.29, 1.82) is 0 Å². The van der Waals surface area contributed by atoms with Crippen molar-refractivity contribution in [3.63, 3.8) is 0 Å². The summed E-state index contributed by atoms with van der Waals surface area (Å²) in [5, 5.41) is 2.61. The smallest absolute Gasteiger partial charge is 0.246 e. The van der Waals surface area contributed by atoms with Gasteiger partial charge in [0.2, 0.25) is 5.91 Å². The number of rotatable bonds is 6. The van der Waals surface area contributed by atoms with Gasteiger partial charge in [-0.1, -0.05) is 18.2 Å². The van der Waals surface area contributed by atoms with Crippen molar-refractivity contribution >= 4 is 28.8 Å². The third-order valence-electron chi connectivity index (χ3n) is 3.20. The van der Waals surface area contributed by atoms with Crippen LogP contribution < -0.4 is 0 Å². The van der Waals surface area contributed by atoms with Crippen LogP contribution in [0.4, 0.5) is 0 Å². The van der Waals surface area contributed by atoms with Crippen LogP contribution in [-0.4, -0.2) is 30.1 Å². The molecule has 0 bridgehead atoms. The summed E-state index contributed by atoms with van der Waals surface area (Å²) in [6.45, 7) is 5.70. The third kappa shape index (κ3) is 4.34. The molecule has 0 N–H and O–H groups in total. The minimum Gasteiger partial charge on any atom is -0.378 e. The van der Waals surface area contributed by atoms with Gasteiger partial charge in [-0.05, 0) is 31.4 Å².